The topological polar surface area (TPSA) is 51.9 Å². The summed E-state index contributed by atoms with van der Waals surface area (Å²) in [4.78, 5) is 14.5. The molecule has 1 amide bonds. The fourth-order valence-electron chi connectivity index (χ4n) is 3.14. The number of carbonyl (C=O) groups excluding carboxylic acids is 1. The second-order valence-electron chi connectivity index (χ2n) is 6.48. The van der Waals surface area contributed by atoms with Crippen molar-refractivity contribution in [1.29, 1.82) is 0 Å². The Balaban J connectivity index is 1.71. The Morgan fingerprint density at radius 1 is 1.11 bits per heavy atom. The number of methoxy groups -OCH3 is 1. The van der Waals surface area contributed by atoms with E-state index in [1.54, 1.807) is 50.2 Å². The Bertz CT molecular complexity index is 914. The first-order valence-corrected chi connectivity index (χ1v) is 9.08. The van der Waals surface area contributed by atoms with Crippen LogP contribution in [0.5, 0.6) is 11.5 Å². The van der Waals surface area contributed by atoms with Gasteiger partial charge in [-0.05, 0) is 37.3 Å². The highest BCUT2D eigenvalue weighted by molar-refractivity contribution is 5.84. The van der Waals surface area contributed by atoms with E-state index in [0.717, 1.165) is 34.5 Å². The van der Waals surface area contributed by atoms with Crippen LogP contribution >= 0.6 is 0 Å². The van der Waals surface area contributed by atoms with E-state index in [-0.39, 0.29) is 5.91 Å². The van der Waals surface area contributed by atoms with Gasteiger partial charge in [-0.1, -0.05) is 25.1 Å². The smallest absolute Gasteiger partial charge is 0.263 e. The van der Waals surface area contributed by atoms with Crippen molar-refractivity contribution in [2.45, 2.75) is 32.9 Å². The number of ether oxygens (including phenoxy) is 2. The van der Waals surface area contributed by atoms with Crippen molar-refractivity contribution in [3.8, 4) is 11.5 Å². The molecule has 5 nitrogen and oxygen atoms in total. The van der Waals surface area contributed by atoms with Crippen LogP contribution in [0.15, 0.2) is 52.9 Å². The molecule has 0 fully saturated rings. The van der Waals surface area contributed by atoms with Crippen molar-refractivity contribution in [1.82, 2.24) is 4.90 Å². The largest absolute Gasteiger partial charge is 0.497 e. The van der Waals surface area contributed by atoms with Crippen molar-refractivity contribution >= 4 is 16.9 Å². The van der Waals surface area contributed by atoms with Gasteiger partial charge >= 0.3 is 0 Å². The summed E-state index contributed by atoms with van der Waals surface area (Å²) >= 11 is 0. The number of aryl methyl sites for hydroxylation is 1. The molecule has 0 aliphatic heterocycles. The number of likely N-dealkylation sites (N-methyl/N-ethyl adjacent to an activating group) is 1. The number of fused-ring (bicyclic) bond motifs is 1. The Morgan fingerprint density at radius 3 is 2.44 bits per heavy atom. The maximum Gasteiger partial charge on any atom is 0.263 e. The number of rotatable bonds is 7. The predicted molar refractivity (Wildman–Crippen MR) is 105 cm³/mol. The van der Waals surface area contributed by atoms with Crippen molar-refractivity contribution in [2.75, 3.05) is 14.2 Å². The number of hydrogen-bond acceptors (Lipinski definition) is 4. The first kappa shape index (κ1) is 18.8. The SMILES string of the molecule is CCc1oc2ccccc2c1CN(C)C(=O)C(C)Oc1ccc(OC)cc1. The second-order valence-corrected chi connectivity index (χ2v) is 6.48. The zero-order valence-corrected chi connectivity index (χ0v) is 16.2. The van der Waals surface area contributed by atoms with Gasteiger partial charge in [0.25, 0.3) is 5.91 Å². The predicted octanol–water partition coefficient (Wildman–Crippen LogP) is 4.43. The van der Waals surface area contributed by atoms with E-state index in [2.05, 4.69) is 6.92 Å². The summed E-state index contributed by atoms with van der Waals surface area (Å²) in [5, 5.41) is 1.05. The fraction of sp³-hybridized carbons (Fsp3) is 0.318. The van der Waals surface area contributed by atoms with Crippen molar-refractivity contribution in [2.24, 2.45) is 0 Å². The lowest BCUT2D eigenvalue weighted by Gasteiger charge is -2.22. The number of benzene rings is 2. The van der Waals surface area contributed by atoms with Crippen LogP contribution in [0.3, 0.4) is 0 Å². The van der Waals surface area contributed by atoms with Crippen molar-refractivity contribution in [3.05, 3.63) is 59.9 Å². The molecule has 1 heterocycles. The van der Waals surface area contributed by atoms with Crippen molar-refractivity contribution < 1.29 is 18.7 Å². The highest BCUT2D eigenvalue weighted by atomic mass is 16.5. The summed E-state index contributed by atoms with van der Waals surface area (Å²) in [7, 11) is 3.40. The quantitative estimate of drug-likeness (QED) is 0.620. The molecule has 142 valence electrons. The molecule has 0 saturated heterocycles. The van der Waals surface area contributed by atoms with Crippen molar-refractivity contribution in [3.63, 3.8) is 0 Å². The molecule has 0 spiro atoms. The molecule has 0 radical (unpaired) electrons. The monoisotopic (exact) mass is 367 g/mol. The number of carbonyl (C=O) groups is 1. The second kappa shape index (κ2) is 8.16. The number of hydrogen-bond donors (Lipinski definition) is 0. The third-order valence-corrected chi connectivity index (χ3v) is 4.59. The van der Waals surface area contributed by atoms with E-state index >= 15 is 0 Å². The van der Waals surface area contributed by atoms with Crippen LogP contribution in [-0.2, 0) is 17.8 Å². The van der Waals surface area contributed by atoms with Crippen LogP contribution in [0.4, 0.5) is 0 Å². The Morgan fingerprint density at radius 2 is 1.78 bits per heavy atom. The highest BCUT2D eigenvalue weighted by Gasteiger charge is 2.22. The summed E-state index contributed by atoms with van der Waals surface area (Å²) in [6.07, 6.45) is 0.191. The minimum atomic E-state index is -0.591. The van der Waals surface area contributed by atoms with Gasteiger partial charge in [0.1, 0.15) is 22.8 Å². The first-order valence-electron chi connectivity index (χ1n) is 9.08. The van der Waals surface area contributed by atoms with Gasteiger partial charge in [0, 0.05) is 31.0 Å². The fourth-order valence-corrected chi connectivity index (χ4v) is 3.14. The standard InChI is InChI=1S/C22H25NO4/c1-5-20-19(18-8-6-7-9-21(18)27-20)14-23(3)22(24)15(2)26-17-12-10-16(25-4)11-13-17/h6-13,15H,5,14H2,1-4H3. The minimum absolute atomic E-state index is 0.0850. The van der Waals surface area contributed by atoms with E-state index in [9.17, 15) is 4.79 Å². The Labute approximate surface area is 159 Å². The molecule has 0 N–H and O–H groups in total. The van der Waals surface area contributed by atoms with Gasteiger partial charge in [-0.2, -0.15) is 0 Å². The number of para-hydroxylation sites is 1. The molecule has 3 aromatic rings. The van der Waals surface area contributed by atoms with Gasteiger partial charge in [-0.25, -0.2) is 0 Å². The molecule has 0 bridgehead atoms. The van der Waals surface area contributed by atoms with Crippen LogP contribution in [0.2, 0.25) is 0 Å². The number of furan rings is 1. The maximum atomic E-state index is 12.8. The molecule has 5 heteroatoms. The lowest BCUT2D eigenvalue weighted by atomic mass is 10.1. The molecular formula is C22H25NO4. The normalized spacial score (nSPS) is 12.0. The van der Waals surface area contributed by atoms with Crippen LogP contribution in [0, 0.1) is 0 Å². The van der Waals surface area contributed by atoms with Crippen LogP contribution in [-0.4, -0.2) is 31.1 Å². The van der Waals surface area contributed by atoms with Gasteiger partial charge in [0.2, 0.25) is 0 Å². The van der Waals surface area contributed by atoms with Gasteiger partial charge in [-0.15, -0.1) is 0 Å². The molecular weight excluding hydrogens is 342 g/mol. The average molecular weight is 367 g/mol. The molecule has 1 atom stereocenters. The lowest BCUT2D eigenvalue weighted by Crippen LogP contribution is -2.37. The van der Waals surface area contributed by atoms with E-state index in [1.165, 1.54) is 0 Å². The number of nitrogens with zero attached hydrogens (tertiary/aromatic N) is 1. The molecule has 3 rings (SSSR count). The summed E-state index contributed by atoms with van der Waals surface area (Å²) in [6.45, 7) is 4.30. The zero-order chi connectivity index (χ0) is 19.4. The summed E-state index contributed by atoms with van der Waals surface area (Å²) in [5.74, 6) is 2.21. The molecule has 0 aliphatic rings. The van der Waals surface area contributed by atoms with Crippen LogP contribution < -0.4 is 9.47 Å². The van der Waals surface area contributed by atoms with Gasteiger partial charge < -0.3 is 18.8 Å². The maximum absolute atomic E-state index is 12.8. The summed E-state index contributed by atoms with van der Waals surface area (Å²) in [5.41, 5.74) is 1.91. The van der Waals surface area contributed by atoms with E-state index in [1.807, 2.05) is 24.3 Å². The molecule has 27 heavy (non-hydrogen) atoms. The Hall–Kier alpha value is -2.95. The highest BCUT2D eigenvalue weighted by Crippen LogP contribution is 2.27. The third kappa shape index (κ3) is 4.08. The third-order valence-electron chi connectivity index (χ3n) is 4.59. The van der Waals surface area contributed by atoms with Gasteiger partial charge in [-0.3, -0.25) is 4.79 Å². The molecule has 0 aliphatic carbocycles. The van der Waals surface area contributed by atoms with Gasteiger partial charge in [0.15, 0.2) is 6.10 Å². The molecule has 1 unspecified atom stereocenters. The molecule has 1 aromatic heterocycles. The molecule has 0 saturated carbocycles. The van der Waals surface area contributed by atoms with Gasteiger partial charge in [0.05, 0.1) is 7.11 Å². The van der Waals surface area contributed by atoms with Crippen LogP contribution in [0.25, 0.3) is 11.0 Å². The summed E-state index contributed by atoms with van der Waals surface area (Å²) < 4.78 is 16.9. The minimum Gasteiger partial charge on any atom is -0.497 e. The number of amides is 1. The van der Waals surface area contributed by atoms with E-state index in [0.29, 0.717) is 12.3 Å². The van der Waals surface area contributed by atoms with E-state index in [4.69, 9.17) is 13.9 Å². The zero-order valence-electron chi connectivity index (χ0n) is 16.2. The van der Waals surface area contributed by atoms with Crippen LogP contribution in [0.1, 0.15) is 25.2 Å². The Kier molecular flexibility index (Phi) is 5.69. The lowest BCUT2D eigenvalue weighted by molar-refractivity contribution is -0.137. The summed E-state index contributed by atoms with van der Waals surface area (Å²) in [6, 6.07) is 15.1. The molecule has 2 aromatic carbocycles. The first-order chi connectivity index (χ1) is 13.0. The van der Waals surface area contributed by atoms with E-state index < -0.39 is 6.10 Å². The average Bonchev–Trinajstić information content (AvgIpc) is 3.05.